The van der Waals surface area contributed by atoms with Crippen molar-refractivity contribution < 1.29 is 0 Å². The Labute approximate surface area is 292 Å². The molecule has 0 N–H and O–H groups in total. The van der Waals surface area contributed by atoms with E-state index in [0.717, 1.165) is 61.6 Å². The molecule has 10 aromatic rings. The summed E-state index contributed by atoms with van der Waals surface area (Å²) in [6, 6.07) is 53.7. The summed E-state index contributed by atoms with van der Waals surface area (Å²) in [7, 11) is 0. The van der Waals surface area contributed by atoms with Gasteiger partial charge in [-0.2, -0.15) is 0 Å². The second kappa shape index (κ2) is 10.8. The van der Waals surface area contributed by atoms with Crippen LogP contribution in [0.5, 0.6) is 0 Å². The van der Waals surface area contributed by atoms with E-state index in [2.05, 4.69) is 160 Å². The summed E-state index contributed by atoms with van der Waals surface area (Å²) >= 11 is 0. The summed E-state index contributed by atoms with van der Waals surface area (Å²) in [4.78, 5) is 10.0. The zero-order valence-electron chi connectivity index (χ0n) is 27.4. The fourth-order valence-electron chi connectivity index (χ4n) is 7.96. The predicted octanol–water partition coefficient (Wildman–Crippen LogP) is 10.4. The summed E-state index contributed by atoms with van der Waals surface area (Å²) in [6.07, 6.45) is 2.62. The second-order valence-electron chi connectivity index (χ2n) is 13.2. The first-order chi connectivity index (χ1) is 25.3. The summed E-state index contributed by atoms with van der Waals surface area (Å²) < 4.78 is 4.65. The van der Waals surface area contributed by atoms with Crippen molar-refractivity contribution in [3.05, 3.63) is 169 Å². The maximum absolute atomic E-state index is 5.08. The average Bonchev–Trinajstić information content (AvgIpc) is 3.85. The smallest absolute Gasteiger partial charge is 0.182 e. The molecule has 0 aliphatic heterocycles. The highest BCUT2D eigenvalue weighted by molar-refractivity contribution is 6.11. The maximum atomic E-state index is 5.08. The van der Waals surface area contributed by atoms with Gasteiger partial charge in [-0.3, -0.25) is 4.98 Å². The molecular weight excluding hydrogens is 625 g/mol. The molecule has 6 aromatic carbocycles. The number of hydrogen-bond donors (Lipinski definition) is 0. The molecule has 0 fully saturated rings. The van der Waals surface area contributed by atoms with Crippen molar-refractivity contribution in [1.29, 1.82) is 0 Å². The van der Waals surface area contributed by atoms with E-state index in [9.17, 15) is 0 Å². The van der Waals surface area contributed by atoms with Gasteiger partial charge in [0, 0.05) is 56.7 Å². The average molecular weight is 653 g/mol. The molecule has 4 aromatic heterocycles. The lowest BCUT2D eigenvalue weighted by Gasteiger charge is -2.08. The summed E-state index contributed by atoms with van der Waals surface area (Å²) in [5, 5.41) is 14.1. The Morgan fingerprint density at radius 1 is 0.431 bits per heavy atom. The van der Waals surface area contributed by atoms with Crippen LogP contribution in [0.25, 0.3) is 88.9 Å². The lowest BCUT2D eigenvalue weighted by atomic mass is 10.0. The highest BCUT2D eigenvalue weighted by atomic mass is 15.2. The number of rotatable bonds is 4. The zero-order chi connectivity index (χ0) is 33.5. The van der Waals surface area contributed by atoms with Gasteiger partial charge in [-0.05, 0) is 83.9 Å². The molecule has 6 heteroatoms. The number of nitrogens with zero attached hydrogens (tertiary/aromatic N) is 6. The van der Waals surface area contributed by atoms with Gasteiger partial charge in [-0.15, -0.1) is 10.2 Å². The molecule has 0 saturated heterocycles. The molecular formula is C45H28N6. The maximum Gasteiger partial charge on any atom is 0.182 e. The van der Waals surface area contributed by atoms with Gasteiger partial charge in [0.25, 0.3) is 0 Å². The van der Waals surface area contributed by atoms with Crippen molar-refractivity contribution in [2.75, 3.05) is 0 Å². The SMILES string of the molecule is c1ccc(-n2c3ccccc3c3cc(-c4cnc5c(c4)Cc4nc(-c6ccc7c(c6)c6ccccc6n7-c6ccccc6)nnc4-5)ccc32)cc1. The van der Waals surface area contributed by atoms with Crippen LogP contribution in [-0.4, -0.2) is 29.3 Å². The third-order valence-corrected chi connectivity index (χ3v) is 10.3. The summed E-state index contributed by atoms with van der Waals surface area (Å²) in [6.45, 7) is 0. The molecule has 4 heterocycles. The van der Waals surface area contributed by atoms with Gasteiger partial charge < -0.3 is 9.13 Å². The quantitative estimate of drug-likeness (QED) is 0.190. The van der Waals surface area contributed by atoms with E-state index in [1.165, 1.54) is 32.7 Å². The highest BCUT2D eigenvalue weighted by Crippen LogP contribution is 2.39. The topological polar surface area (TPSA) is 61.4 Å². The van der Waals surface area contributed by atoms with Crippen LogP contribution in [-0.2, 0) is 6.42 Å². The van der Waals surface area contributed by atoms with Crippen LogP contribution >= 0.6 is 0 Å². The van der Waals surface area contributed by atoms with Gasteiger partial charge in [0.2, 0.25) is 0 Å². The van der Waals surface area contributed by atoms with Crippen LogP contribution in [0.1, 0.15) is 11.3 Å². The highest BCUT2D eigenvalue weighted by Gasteiger charge is 2.25. The van der Waals surface area contributed by atoms with Crippen molar-refractivity contribution in [3.63, 3.8) is 0 Å². The van der Waals surface area contributed by atoms with Gasteiger partial charge in [0.1, 0.15) is 5.69 Å². The molecule has 51 heavy (non-hydrogen) atoms. The molecule has 0 saturated carbocycles. The van der Waals surface area contributed by atoms with Crippen LogP contribution in [0.3, 0.4) is 0 Å². The third kappa shape index (κ3) is 4.23. The Morgan fingerprint density at radius 2 is 0.980 bits per heavy atom. The van der Waals surface area contributed by atoms with Crippen LogP contribution in [0.2, 0.25) is 0 Å². The fourth-order valence-corrected chi connectivity index (χ4v) is 7.96. The van der Waals surface area contributed by atoms with E-state index < -0.39 is 0 Å². The van der Waals surface area contributed by atoms with E-state index in [-0.39, 0.29) is 0 Å². The molecule has 11 rings (SSSR count). The first-order valence-electron chi connectivity index (χ1n) is 17.2. The number of pyridine rings is 1. The Bertz CT molecular complexity index is 2790. The van der Waals surface area contributed by atoms with E-state index in [0.29, 0.717) is 12.2 Å². The minimum absolute atomic E-state index is 0.625. The van der Waals surface area contributed by atoms with Crippen molar-refractivity contribution in [2.45, 2.75) is 6.42 Å². The van der Waals surface area contributed by atoms with Crippen LogP contribution in [0.15, 0.2) is 158 Å². The third-order valence-electron chi connectivity index (χ3n) is 10.3. The monoisotopic (exact) mass is 652 g/mol. The van der Waals surface area contributed by atoms with Gasteiger partial charge in [-0.1, -0.05) is 78.9 Å². The predicted molar refractivity (Wildman–Crippen MR) is 205 cm³/mol. The summed E-state index contributed by atoms with van der Waals surface area (Å²) in [5.74, 6) is 0.625. The number of benzene rings is 6. The molecule has 0 atom stereocenters. The lowest BCUT2D eigenvalue weighted by molar-refractivity contribution is 0.953. The minimum Gasteiger partial charge on any atom is -0.309 e. The lowest BCUT2D eigenvalue weighted by Crippen LogP contribution is -1.98. The van der Waals surface area contributed by atoms with Gasteiger partial charge in [0.15, 0.2) is 5.82 Å². The number of para-hydroxylation sites is 4. The first-order valence-corrected chi connectivity index (χ1v) is 17.2. The van der Waals surface area contributed by atoms with Gasteiger partial charge in [-0.25, -0.2) is 4.98 Å². The number of aromatic nitrogens is 6. The van der Waals surface area contributed by atoms with Gasteiger partial charge >= 0.3 is 0 Å². The van der Waals surface area contributed by atoms with Crippen LogP contribution < -0.4 is 0 Å². The first kappa shape index (κ1) is 28.0. The molecule has 0 spiro atoms. The molecule has 0 bridgehead atoms. The fraction of sp³-hybridized carbons (Fsp3) is 0.0222. The van der Waals surface area contributed by atoms with Crippen molar-refractivity contribution in [3.8, 4) is 45.3 Å². The molecule has 6 nitrogen and oxygen atoms in total. The number of fused-ring (bicyclic) bond motifs is 9. The molecule has 0 unspecified atom stereocenters. The Morgan fingerprint density at radius 3 is 1.63 bits per heavy atom. The van der Waals surface area contributed by atoms with Gasteiger partial charge in [0.05, 0.1) is 33.5 Å². The Hall–Kier alpha value is -6.92. The Balaban J connectivity index is 0.959. The largest absolute Gasteiger partial charge is 0.309 e. The Kier molecular flexibility index (Phi) is 5.92. The van der Waals surface area contributed by atoms with Crippen molar-refractivity contribution >= 4 is 43.6 Å². The van der Waals surface area contributed by atoms with E-state index in [1.54, 1.807) is 0 Å². The molecule has 1 aliphatic rings. The molecule has 0 radical (unpaired) electrons. The summed E-state index contributed by atoms with van der Waals surface area (Å²) in [5.41, 5.74) is 13.8. The molecule has 238 valence electrons. The van der Waals surface area contributed by atoms with Crippen molar-refractivity contribution in [2.24, 2.45) is 0 Å². The number of hydrogen-bond acceptors (Lipinski definition) is 4. The standard InChI is InChI=1S/C45H28N6/c1-3-11-32(12-4-1)50-39-17-9-7-15-34(39)36-24-28(19-21-41(36)50)31-23-30-26-38-44(43(30)46-27-31)48-49-45(47-38)29-20-22-42-37(25-29)35-16-8-10-18-40(35)51(42)33-13-5-2-6-14-33/h1-25,27H,26H2. The van der Waals surface area contributed by atoms with Crippen molar-refractivity contribution in [1.82, 2.24) is 29.3 Å². The van der Waals surface area contributed by atoms with Crippen LogP contribution in [0, 0.1) is 0 Å². The molecule has 0 amide bonds. The normalized spacial score (nSPS) is 12.2. The van der Waals surface area contributed by atoms with Crippen LogP contribution in [0.4, 0.5) is 0 Å². The van der Waals surface area contributed by atoms with E-state index >= 15 is 0 Å². The minimum atomic E-state index is 0.625. The zero-order valence-corrected chi connectivity index (χ0v) is 27.4. The second-order valence-corrected chi connectivity index (χ2v) is 13.2. The molecule has 1 aliphatic carbocycles. The van der Waals surface area contributed by atoms with E-state index in [1.807, 2.05) is 12.3 Å². The van der Waals surface area contributed by atoms with E-state index in [4.69, 9.17) is 15.1 Å².